The van der Waals surface area contributed by atoms with Crippen LogP contribution in [0.1, 0.15) is 21.9 Å². The zero-order valence-corrected chi connectivity index (χ0v) is 8.04. The van der Waals surface area contributed by atoms with Crippen molar-refractivity contribution in [2.45, 2.75) is 13.5 Å². The van der Waals surface area contributed by atoms with E-state index in [9.17, 15) is 4.79 Å². The molecule has 0 saturated carbocycles. The van der Waals surface area contributed by atoms with Crippen molar-refractivity contribution in [3.05, 3.63) is 35.7 Å². The Hall–Kier alpha value is -2.11. The molecule has 0 fully saturated rings. The molecule has 0 aromatic carbocycles. The SMILES string of the molecule is Cc1cc(Cn2cnc(C(=O)O)c2)no1. The maximum absolute atomic E-state index is 10.6. The van der Waals surface area contributed by atoms with Gasteiger partial charge in [-0.25, -0.2) is 9.78 Å². The summed E-state index contributed by atoms with van der Waals surface area (Å²) in [5.41, 5.74) is 0.761. The van der Waals surface area contributed by atoms with Crippen LogP contribution in [0, 0.1) is 6.92 Å². The fraction of sp³-hybridized carbons (Fsp3) is 0.222. The van der Waals surface area contributed by atoms with Gasteiger partial charge >= 0.3 is 5.97 Å². The highest BCUT2D eigenvalue weighted by atomic mass is 16.5. The first-order chi connectivity index (χ1) is 7.15. The van der Waals surface area contributed by atoms with E-state index < -0.39 is 5.97 Å². The number of carboxylic acids is 1. The lowest BCUT2D eigenvalue weighted by Crippen LogP contribution is -1.98. The lowest BCUT2D eigenvalue weighted by molar-refractivity contribution is 0.0691. The Morgan fingerprint density at radius 3 is 3.00 bits per heavy atom. The molecule has 1 N–H and O–H groups in total. The molecule has 6 nitrogen and oxygen atoms in total. The molecule has 0 aliphatic carbocycles. The van der Waals surface area contributed by atoms with Gasteiger partial charge in [-0.1, -0.05) is 5.16 Å². The van der Waals surface area contributed by atoms with Crippen LogP contribution in [0.5, 0.6) is 0 Å². The van der Waals surface area contributed by atoms with Crippen molar-refractivity contribution in [3.63, 3.8) is 0 Å². The van der Waals surface area contributed by atoms with E-state index in [4.69, 9.17) is 9.63 Å². The van der Waals surface area contributed by atoms with Crippen LogP contribution in [0.25, 0.3) is 0 Å². The molecule has 78 valence electrons. The number of aryl methyl sites for hydroxylation is 1. The molecule has 0 aliphatic heterocycles. The van der Waals surface area contributed by atoms with Gasteiger partial charge in [-0.3, -0.25) is 0 Å². The average Bonchev–Trinajstić information content (AvgIpc) is 2.76. The Balaban J connectivity index is 2.14. The summed E-state index contributed by atoms with van der Waals surface area (Å²) in [5.74, 6) is -0.311. The van der Waals surface area contributed by atoms with E-state index in [1.54, 1.807) is 17.6 Å². The van der Waals surface area contributed by atoms with Crippen molar-refractivity contribution in [2.75, 3.05) is 0 Å². The molecule has 0 bridgehead atoms. The molecular formula is C9H9N3O3. The molecule has 2 heterocycles. The third-order valence-corrected chi connectivity index (χ3v) is 1.87. The summed E-state index contributed by atoms with van der Waals surface area (Å²) in [6, 6.07) is 1.79. The Morgan fingerprint density at radius 1 is 1.67 bits per heavy atom. The molecule has 0 spiro atoms. The predicted molar refractivity (Wildman–Crippen MR) is 49.5 cm³/mol. The first-order valence-electron chi connectivity index (χ1n) is 4.32. The van der Waals surface area contributed by atoms with Gasteiger partial charge in [-0.05, 0) is 6.92 Å². The van der Waals surface area contributed by atoms with Gasteiger partial charge in [0.1, 0.15) is 11.5 Å². The Bertz CT molecular complexity index is 486. The molecule has 2 aromatic heterocycles. The van der Waals surface area contributed by atoms with Crippen molar-refractivity contribution in [1.82, 2.24) is 14.7 Å². The van der Waals surface area contributed by atoms with Gasteiger partial charge in [0, 0.05) is 12.3 Å². The molecule has 15 heavy (non-hydrogen) atoms. The number of hydrogen-bond donors (Lipinski definition) is 1. The second-order valence-electron chi connectivity index (χ2n) is 3.17. The molecule has 2 aromatic rings. The Labute approximate surface area is 85.1 Å². The lowest BCUT2D eigenvalue weighted by atomic mass is 10.4. The van der Waals surface area contributed by atoms with Gasteiger partial charge in [0.15, 0.2) is 5.69 Å². The third kappa shape index (κ3) is 2.04. The van der Waals surface area contributed by atoms with Crippen LogP contribution in [0.3, 0.4) is 0 Å². The quantitative estimate of drug-likeness (QED) is 0.809. The van der Waals surface area contributed by atoms with Gasteiger partial charge < -0.3 is 14.2 Å². The van der Waals surface area contributed by atoms with E-state index in [0.29, 0.717) is 6.54 Å². The maximum atomic E-state index is 10.6. The fourth-order valence-corrected chi connectivity index (χ4v) is 1.24. The summed E-state index contributed by atoms with van der Waals surface area (Å²) in [6.07, 6.45) is 2.90. The third-order valence-electron chi connectivity index (χ3n) is 1.87. The van der Waals surface area contributed by atoms with Crippen LogP contribution in [-0.4, -0.2) is 25.8 Å². The standard InChI is InChI=1S/C9H9N3O3/c1-6-2-7(11-15-6)3-12-4-8(9(13)14)10-5-12/h2,4-5H,3H2,1H3,(H,13,14). The number of carbonyl (C=O) groups is 1. The highest BCUT2D eigenvalue weighted by Crippen LogP contribution is 2.05. The van der Waals surface area contributed by atoms with Crippen LogP contribution >= 0.6 is 0 Å². The molecule has 0 unspecified atom stereocenters. The second-order valence-corrected chi connectivity index (χ2v) is 3.17. The van der Waals surface area contributed by atoms with E-state index in [1.165, 1.54) is 12.5 Å². The summed E-state index contributed by atoms with van der Waals surface area (Å²) < 4.78 is 6.53. The van der Waals surface area contributed by atoms with Crippen LogP contribution in [-0.2, 0) is 6.54 Å². The summed E-state index contributed by atoms with van der Waals surface area (Å²) in [7, 11) is 0. The smallest absolute Gasteiger partial charge is 0.356 e. The first kappa shape index (κ1) is 9.45. The van der Waals surface area contributed by atoms with Crippen molar-refractivity contribution in [3.8, 4) is 0 Å². The minimum atomic E-state index is -1.04. The highest BCUT2D eigenvalue weighted by molar-refractivity contribution is 5.84. The van der Waals surface area contributed by atoms with Crippen molar-refractivity contribution in [2.24, 2.45) is 0 Å². The number of imidazole rings is 1. The number of aromatic nitrogens is 3. The maximum Gasteiger partial charge on any atom is 0.356 e. The monoisotopic (exact) mass is 207 g/mol. The van der Waals surface area contributed by atoms with E-state index in [-0.39, 0.29) is 5.69 Å². The van der Waals surface area contributed by atoms with Gasteiger partial charge in [0.2, 0.25) is 0 Å². The molecule has 0 saturated heterocycles. The van der Waals surface area contributed by atoms with E-state index >= 15 is 0 Å². The summed E-state index contributed by atoms with van der Waals surface area (Å²) in [5, 5.41) is 12.5. The predicted octanol–water partition coefficient (Wildman–Crippen LogP) is 0.926. The molecule has 0 atom stereocenters. The number of hydrogen-bond acceptors (Lipinski definition) is 4. The molecular weight excluding hydrogens is 198 g/mol. The topological polar surface area (TPSA) is 81.2 Å². The van der Waals surface area contributed by atoms with Gasteiger partial charge in [-0.2, -0.15) is 0 Å². The Kier molecular flexibility index (Phi) is 2.24. The highest BCUT2D eigenvalue weighted by Gasteiger charge is 2.07. The van der Waals surface area contributed by atoms with Gasteiger partial charge in [0.25, 0.3) is 0 Å². The number of rotatable bonds is 3. The van der Waals surface area contributed by atoms with E-state index in [0.717, 1.165) is 11.5 Å². The van der Waals surface area contributed by atoms with Crippen LogP contribution in [0.15, 0.2) is 23.1 Å². The van der Waals surface area contributed by atoms with Crippen LogP contribution in [0.4, 0.5) is 0 Å². The first-order valence-corrected chi connectivity index (χ1v) is 4.32. The lowest BCUT2D eigenvalue weighted by Gasteiger charge is -1.94. The normalized spacial score (nSPS) is 10.5. The number of aromatic carboxylic acids is 1. The largest absolute Gasteiger partial charge is 0.476 e. The van der Waals surface area contributed by atoms with Crippen molar-refractivity contribution < 1.29 is 14.4 Å². The fourth-order valence-electron chi connectivity index (χ4n) is 1.24. The minimum absolute atomic E-state index is 0.0233. The molecule has 0 radical (unpaired) electrons. The average molecular weight is 207 g/mol. The summed E-state index contributed by atoms with van der Waals surface area (Å²) in [6.45, 7) is 2.25. The van der Waals surface area contributed by atoms with Gasteiger partial charge in [0.05, 0.1) is 12.9 Å². The van der Waals surface area contributed by atoms with Crippen LogP contribution < -0.4 is 0 Å². The molecule has 6 heteroatoms. The van der Waals surface area contributed by atoms with Crippen molar-refractivity contribution in [1.29, 1.82) is 0 Å². The minimum Gasteiger partial charge on any atom is -0.476 e. The van der Waals surface area contributed by atoms with Crippen molar-refractivity contribution >= 4 is 5.97 Å². The zero-order valence-electron chi connectivity index (χ0n) is 8.04. The zero-order chi connectivity index (χ0) is 10.8. The van der Waals surface area contributed by atoms with Crippen LogP contribution in [0.2, 0.25) is 0 Å². The number of nitrogens with zero attached hydrogens (tertiary/aromatic N) is 3. The molecule has 2 rings (SSSR count). The van der Waals surface area contributed by atoms with E-state index in [1.807, 2.05) is 0 Å². The number of carboxylic acid groups (broad SMARTS) is 1. The molecule has 0 aliphatic rings. The summed E-state index contributed by atoms with van der Waals surface area (Å²) >= 11 is 0. The van der Waals surface area contributed by atoms with E-state index in [2.05, 4.69) is 10.1 Å². The Morgan fingerprint density at radius 2 is 2.47 bits per heavy atom. The molecule has 0 amide bonds. The second kappa shape index (κ2) is 3.56. The summed E-state index contributed by atoms with van der Waals surface area (Å²) in [4.78, 5) is 14.3. The van der Waals surface area contributed by atoms with Gasteiger partial charge in [-0.15, -0.1) is 0 Å².